The summed E-state index contributed by atoms with van der Waals surface area (Å²) in [5, 5.41) is 11.4. The lowest BCUT2D eigenvalue weighted by Gasteiger charge is -2.14. The van der Waals surface area contributed by atoms with Crippen LogP contribution >= 0.6 is 0 Å². The Bertz CT molecular complexity index is 743. The number of hydrogen-bond acceptors (Lipinski definition) is 5. The van der Waals surface area contributed by atoms with Gasteiger partial charge >= 0.3 is 5.97 Å². The van der Waals surface area contributed by atoms with Crippen molar-refractivity contribution in [1.82, 2.24) is 10.0 Å². The topological polar surface area (TPSA) is 130 Å². The lowest BCUT2D eigenvalue weighted by atomic mass is 10.1. The van der Waals surface area contributed by atoms with Gasteiger partial charge in [-0.25, -0.2) is 17.9 Å². The fourth-order valence-corrected chi connectivity index (χ4v) is 3.22. The zero-order chi connectivity index (χ0) is 19.7. The highest BCUT2D eigenvalue weighted by Crippen LogP contribution is 2.11. The normalized spacial score (nSPS) is 12.4. The van der Waals surface area contributed by atoms with E-state index in [1.165, 1.54) is 31.2 Å². The van der Waals surface area contributed by atoms with Gasteiger partial charge in [0.1, 0.15) is 6.04 Å². The first-order chi connectivity index (χ1) is 12.2. The van der Waals surface area contributed by atoms with Crippen LogP contribution in [-0.2, 0) is 19.6 Å². The zero-order valence-corrected chi connectivity index (χ0v) is 15.6. The van der Waals surface area contributed by atoms with Gasteiger partial charge in [0.15, 0.2) is 5.78 Å². The molecule has 0 unspecified atom stereocenters. The molecule has 3 N–H and O–H groups in total. The first-order valence-electron chi connectivity index (χ1n) is 8.30. The maximum atomic E-state index is 12.1. The highest BCUT2D eigenvalue weighted by Gasteiger charge is 2.20. The molecule has 0 aliphatic rings. The fraction of sp³-hybridized carbons (Fsp3) is 0.471. The molecule has 0 aliphatic carbocycles. The van der Waals surface area contributed by atoms with E-state index in [4.69, 9.17) is 5.11 Å². The molecule has 0 fully saturated rings. The number of carboxylic acid groups (broad SMARTS) is 1. The second-order valence-electron chi connectivity index (χ2n) is 5.83. The van der Waals surface area contributed by atoms with Crippen molar-refractivity contribution in [3.63, 3.8) is 0 Å². The molecule has 1 atom stereocenters. The summed E-state index contributed by atoms with van der Waals surface area (Å²) in [5.41, 5.74) is 0.398. The van der Waals surface area contributed by atoms with E-state index < -0.39 is 27.9 Å². The van der Waals surface area contributed by atoms with E-state index in [2.05, 4.69) is 10.0 Å². The van der Waals surface area contributed by atoms with E-state index in [9.17, 15) is 22.8 Å². The number of carbonyl (C=O) groups excluding carboxylic acids is 2. The summed E-state index contributed by atoms with van der Waals surface area (Å²) < 4.78 is 26.6. The predicted molar refractivity (Wildman–Crippen MR) is 95.3 cm³/mol. The van der Waals surface area contributed by atoms with Crippen LogP contribution in [0.2, 0.25) is 0 Å². The van der Waals surface area contributed by atoms with Gasteiger partial charge in [-0.1, -0.05) is 31.9 Å². The van der Waals surface area contributed by atoms with Crippen molar-refractivity contribution in [2.45, 2.75) is 50.5 Å². The minimum absolute atomic E-state index is 0.0192. The molecule has 0 aliphatic heterocycles. The lowest BCUT2D eigenvalue weighted by Crippen LogP contribution is -2.41. The Kier molecular flexibility index (Phi) is 8.40. The van der Waals surface area contributed by atoms with Crippen molar-refractivity contribution in [3.8, 4) is 0 Å². The number of ketones is 1. The number of nitrogens with one attached hydrogen (secondary N) is 2. The summed E-state index contributed by atoms with van der Waals surface area (Å²) in [6.45, 7) is 3.13. The first-order valence-corrected chi connectivity index (χ1v) is 9.78. The molecule has 9 heteroatoms. The van der Waals surface area contributed by atoms with Gasteiger partial charge in [0.2, 0.25) is 15.9 Å². The summed E-state index contributed by atoms with van der Waals surface area (Å²) in [7, 11) is -3.82. The molecular weight excluding hydrogens is 360 g/mol. The molecule has 0 saturated heterocycles. The maximum Gasteiger partial charge on any atom is 0.326 e. The Labute approximate surface area is 153 Å². The van der Waals surface area contributed by atoms with Gasteiger partial charge < -0.3 is 10.4 Å². The van der Waals surface area contributed by atoms with Gasteiger partial charge in [0.05, 0.1) is 4.90 Å². The third-order valence-electron chi connectivity index (χ3n) is 3.69. The molecule has 8 nitrogen and oxygen atoms in total. The lowest BCUT2D eigenvalue weighted by molar-refractivity contribution is -0.142. The smallest absolute Gasteiger partial charge is 0.326 e. The number of benzene rings is 1. The summed E-state index contributed by atoms with van der Waals surface area (Å²) in [5.74, 6) is -1.82. The number of Topliss-reactive ketones (excluding diaryl/α,β-unsaturated/α-hetero) is 1. The maximum absolute atomic E-state index is 12.1. The largest absolute Gasteiger partial charge is 0.480 e. The number of amides is 1. The van der Waals surface area contributed by atoms with Crippen LogP contribution in [0.4, 0.5) is 0 Å². The standard InChI is InChI=1S/C17H24N2O6S/c1-3-4-5-15(17(22)23)19-16(21)10-11-18-26(24,25)14-8-6-13(7-9-14)12(2)20/h6-9,15,18H,3-5,10-11H2,1-2H3,(H,19,21)(H,22,23)/t15-/m0/s1. The molecule has 0 heterocycles. The number of unbranched alkanes of at least 4 members (excludes halogenated alkanes) is 1. The molecule has 0 radical (unpaired) electrons. The Morgan fingerprint density at radius 2 is 1.77 bits per heavy atom. The molecule has 1 rings (SSSR count). The van der Waals surface area contributed by atoms with Gasteiger partial charge in [0, 0.05) is 18.5 Å². The van der Waals surface area contributed by atoms with Crippen molar-refractivity contribution in [2.75, 3.05) is 6.54 Å². The van der Waals surface area contributed by atoms with Crippen LogP contribution in [0.5, 0.6) is 0 Å². The SMILES string of the molecule is CCCC[C@H](NC(=O)CCNS(=O)(=O)c1ccc(C(C)=O)cc1)C(=O)O. The van der Waals surface area contributed by atoms with Gasteiger partial charge in [-0.15, -0.1) is 0 Å². The molecule has 0 bridgehead atoms. The van der Waals surface area contributed by atoms with Crippen LogP contribution in [0.3, 0.4) is 0 Å². The van der Waals surface area contributed by atoms with Gasteiger partial charge in [-0.05, 0) is 25.5 Å². The summed E-state index contributed by atoms with van der Waals surface area (Å²) in [6.07, 6.45) is 1.62. The van der Waals surface area contributed by atoms with Gasteiger partial charge in [-0.2, -0.15) is 0 Å². The zero-order valence-electron chi connectivity index (χ0n) is 14.8. The number of aliphatic carboxylic acids is 1. The van der Waals surface area contributed by atoms with E-state index in [0.29, 0.717) is 18.4 Å². The summed E-state index contributed by atoms with van der Waals surface area (Å²) in [6, 6.07) is 4.47. The van der Waals surface area contributed by atoms with Crippen LogP contribution in [0.15, 0.2) is 29.2 Å². The van der Waals surface area contributed by atoms with E-state index in [1.807, 2.05) is 6.92 Å². The summed E-state index contributed by atoms with van der Waals surface area (Å²) in [4.78, 5) is 34.1. The van der Waals surface area contributed by atoms with Crippen LogP contribution in [0, 0.1) is 0 Å². The Morgan fingerprint density at radius 1 is 1.15 bits per heavy atom. The molecule has 0 spiro atoms. The fourth-order valence-electron chi connectivity index (χ4n) is 2.18. The Balaban J connectivity index is 2.55. The molecule has 0 aromatic heterocycles. The number of hydrogen-bond donors (Lipinski definition) is 3. The predicted octanol–water partition coefficient (Wildman–Crippen LogP) is 1.32. The third kappa shape index (κ3) is 6.93. The van der Waals surface area contributed by atoms with Crippen molar-refractivity contribution >= 4 is 27.7 Å². The minimum Gasteiger partial charge on any atom is -0.480 e. The van der Waals surface area contributed by atoms with Crippen LogP contribution in [0.1, 0.15) is 49.9 Å². The molecule has 26 heavy (non-hydrogen) atoms. The second-order valence-corrected chi connectivity index (χ2v) is 7.60. The summed E-state index contributed by atoms with van der Waals surface area (Å²) >= 11 is 0. The van der Waals surface area contributed by atoms with Gasteiger partial charge in [-0.3, -0.25) is 9.59 Å². The van der Waals surface area contributed by atoms with E-state index in [-0.39, 0.29) is 23.6 Å². The average molecular weight is 384 g/mol. The number of carbonyl (C=O) groups is 3. The molecule has 0 saturated carbocycles. The highest BCUT2D eigenvalue weighted by molar-refractivity contribution is 7.89. The molecule has 1 aromatic carbocycles. The second kappa shape index (κ2) is 10.0. The third-order valence-corrected chi connectivity index (χ3v) is 5.17. The van der Waals surface area contributed by atoms with Crippen LogP contribution in [-0.4, -0.2) is 43.8 Å². The highest BCUT2D eigenvalue weighted by atomic mass is 32.2. The Morgan fingerprint density at radius 3 is 2.27 bits per heavy atom. The van der Waals surface area contributed by atoms with Crippen LogP contribution in [0.25, 0.3) is 0 Å². The first kappa shape index (κ1) is 21.8. The monoisotopic (exact) mass is 384 g/mol. The van der Waals surface area contributed by atoms with Crippen molar-refractivity contribution in [2.24, 2.45) is 0 Å². The molecular formula is C17H24N2O6S. The number of carboxylic acids is 1. The molecule has 1 aromatic rings. The average Bonchev–Trinajstić information content (AvgIpc) is 2.58. The van der Waals surface area contributed by atoms with E-state index >= 15 is 0 Å². The van der Waals surface area contributed by atoms with E-state index in [0.717, 1.165) is 6.42 Å². The number of sulfonamides is 1. The van der Waals surface area contributed by atoms with E-state index in [1.54, 1.807) is 0 Å². The minimum atomic E-state index is -3.82. The number of rotatable bonds is 11. The Hall–Kier alpha value is -2.26. The van der Waals surface area contributed by atoms with Gasteiger partial charge in [0.25, 0.3) is 0 Å². The van der Waals surface area contributed by atoms with Crippen molar-refractivity contribution in [3.05, 3.63) is 29.8 Å². The molecule has 144 valence electrons. The van der Waals surface area contributed by atoms with Crippen molar-refractivity contribution in [1.29, 1.82) is 0 Å². The quantitative estimate of drug-likeness (QED) is 0.493. The van der Waals surface area contributed by atoms with Crippen molar-refractivity contribution < 1.29 is 27.9 Å². The van der Waals surface area contributed by atoms with Crippen LogP contribution < -0.4 is 10.0 Å². The molecule has 1 amide bonds.